The Morgan fingerprint density at radius 2 is 1.79 bits per heavy atom. The number of aliphatic carboxylic acids is 1. The lowest BCUT2D eigenvalue weighted by molar-refractivity contribution is -0.141. The fourth-order valence-corrected chi connectivity index (χ4v) is 3.78. The molecule has 1 saturated heterocycles. The Hall–Kier alpha value is -2.04. The number of hydrogen-bond donors (Lipinski definition) is 2. The highest BCUT2D eigenvalue weighted by Gasteiger charge is 2.30. The lowest BCUT2D eigenvalue weighted by Gasteiger charge is -2.22. The quantitative estimate of drug-likeness (QED) is 0.889. The highest BCUT2D eigenvalue weighted by molar-refractivity contribution is 5.77. The first-order valence-electron chi connectivity index (χ1n) is 8.98. The number of benzene rings is 1. The Labute approximate surface area is 143 Å². The van der Waals surface area contributed by atoms with Crippen molar-refractivity contribution in [1.29, 1.82) is 0 Å². The van der Waals surface area contributed by atoms with Crippen LogP contribution in [0.5, 0.6) is 0 Å². The third-order valence-corrected chi connectivity index (χ3v) is 5.32. The SMILES string of the molecule is O=C(O)C1CCN(C(=O)NCc2ccc(C3CCCCC3)cc2)C1. The second kappa shape index (κ2) is 7.69. The van der Waals surface area contributed by atoms with Gasteiger partial charge < -0.3 is 15.3 Å². The minimum atomic E-state index is -0.816. The maximum absolute atomic E-state index is 12.1. The van der Waals surface area contributed by atoms with Crippen LogP contribution in [0.3, 0.4) is 0 Å². The van der Waals surface area contributed by atoms with E-state index in [1.807, 2.05) is 0 Å². The largest absolute Gasteiger partial charge is 0.481 e. The van der Waals surface area contributed by atoms with Gasteiger partial charge in [0.15, 0.2) is 0 Å². The number of carboxylic acid groups (broad SMARTS) is 1. The summed E-state index contributed by atoms with van der Waals surface area (Å²) in [5.74, 6) is -0.547. The third kappa shape index (κ3) is 4.08. The molecule has 2 fully saturated rings. The molecule has 1 atom stereocenters. The second-order valence-electron chi connectivity index (χ2n) is 7.01. The van der Waals surface area contributed by atoms with E-state index in [4.69, 9.17) is 5.11 Å². The van der Waals surface area contributed by atoms with Crippen LogP contribution in [0, 0.1) is 5.92 Å². The van der Waals surface area contributed by atoms with Crippen molar-refractivity contribution in [2.24, 2.45) is 5.92 Å². The van der Waals surface area contributed by atoms with Gasteiger partial charge in [0.25, 0.3) is 0 Å². The summed E-state index contributed by atoms with van der Waals surface area (Å²) < 4.78 is 0. The molecule has 1 heterocycles. The van der Waals surface area contributed by atoms with Gasteiger partial charge >= 0.3 is 12.0 Å². The van der Waals surface area contributed by atoms with Gasteiger partial charge in [-0.2, -0.15) is 0 Å². The van der Waals surface area contributed by atoms with Crippen molar-refractivity contribution >= 4 is 12.0 Å². The number of hydrogen-bond acceptors (Lipinski definition) is 2. The molecule has 1 aliphatic heterocycles. The molecule has 1 aromatic rings. The molecule has 0 bridgehead atoms. The Balaban J connectivity index is 1.48. The van der Waals surface area contributed by atoms with Gasteiger partial charge in [-0.25, -0.2) is 4.79 Å². The molecule has 0 spiro atoms. The summed E-state index contributed by atoms with van der Waals surface area (Å²) in [6.45, 7) is 1.31. The number of carbonyl (C=O) groups is 2. The van der Waals surface area contributed by atoms with Crippen LogP contribution in [0.2, 0.25) is 0 Å². The molecule has 3 rings (SSSR count). The van der Waals surface area contributed by atoms with Crippen LogP contribution in [0.1, 0.15) is 55.6 Å². The number of rotatable bonds is 4. The average Bonchev–Trinajstić information content (AvgIpc) is 3.11. The third-order valence-electron chi connectivity index (χ3n) is 5.32. The van der Waals surface area contributed by atoms with E-state index in [-0.39, 0.29) is 6.03 Å². The minimum Gasteiger partial charge on any atom is -0.481 e. The number of urea groups is 1. The zero-order valence-electron chi connectivity index (χ0n) is 14.0. The molecule has 1 aromatic carbocycles. The molecule has 1 saturated carbocycles. The van der Waals surface area contributed by atoms with Gasteiger partial charge in [0.2, 0.25) is 0 Å². The van der Waals surface area contributed by atoms with E-state index in [1.165, 1.54) is 37.7 Å². The van der Waals surface area contributed by atoms with Crippen molar-refractivity contribution in [2.45, 2.75) is 51.0 Å². The molecule has 1 aliphatic carbocycles. The number of carbonyl (C=O) groups excluding carboxylic acids is 1. The zero-order valence-corrected chi connectivity index (χ0v) is 14.0. The Morgan fingerprint density at radius 3 is 2.42 bits per heavy atom. The minimum absolute atomic E-state index is 0.171. The van der Waals surface area contributed by atoms with Crippen LogP contribution in [0.15, 0.2) is 24.3 Å². The molecule has 0 aromatic heterocycles. The van der Waals surface area contributed by atoms with Gasteiger partial charge in [0.1, 0.15) is 0 Å². The second-order valence-corrected chi connectivity index (χ2v) is 7.01. The standard InChI is InChI=1S/C19H26N2O3/c22-18(23)17-10-11-21(13-17)19(24)20-12-14-6-8-16(9-7-14)15-4-2-1-3-5-15/h6-9,15,17H,1-5,10-13H2,(H,20,24)(H,22,23). The van der Waals surface area contributed by atoms with E-state index in [2.05, 4.69) is 29.6 Å². The molecule has 1 unspecified atom stereocenters. The van der Waals surface area contributed by atoms with Crippen LogP contribution in [-0.2, 0) is 11.3 Å². The Morgan fingerprint density at radius 1 is 1.08 bits per heavy atom. The van der Waals surface area contributed by atoms with Crippen LogP contribution in [-0.4, -0.2) is 35.1 Å². The normalized spacial score (nSPS) is 21.7. The van der Waals surface area contributed by atoms with E-state index in [9.17, 15) is 9.59 Å². The van der Waals surface area contributed by atoms with Gasteiger partial charge in [0.05, 0.1) is 5.92 Å². The van der Waals surface area contributed by atoms with Crippen molar-refractivity contribution in [3.63, 3.8) is 0 Å². The first kappa shape index (κ1) is 16.8. The highest BCUT2D eigenvalue weighted by Crippen LogP contribution is 2.32. The van der Waals surface area contributed by atoms with Gasteiger partial charge in [-0.1, -0.05) is 43.5 Å². The first-order chi connectivity index (χ1) is 11.6. The van der Waals surface area contributed by atoms with E-state index in [0.717, 1.165) is 5.56 Å². The summed E-state index contributed by atoms with van der Waals surface area (Å²) >= 11 is 0. The van der Waals surface area contributed by atoms with Crippen LogP contribution in [0.25, 0.3) is 0 Å². The van der Waals surface area contributed by atoms with Crippen molar-refractivity contribution in [1.82, 2.24) is 10.2 Å². The summed E-state index contributed by atoms with van der Waals surface area (Å²) in [4.78, 5) is 24.7. The van der Waals surface area contributed by atoms with Crippen LogP contribution in [0.4, 0.5) is 4.79 Å². The molecular weight excluding hydrogens is 304 g/mol. The summed E-state index contributed by atoms with van der Waals surface area (Å²) in [5.41, 5.74) is 2.49. The first-order valence-corrected chi connectivity index (χ1v) is 8.98. The number of likely N-dealkylation sites (tertiary alicyclic amines) is 1. The highest BCUT2D eigenvalue weighted by atomic mass is 16.4. The number of amides is 2. The van der Waals surface area contributed by atoms with Crippen molar-refractivity contribution in [3.8, 4) is 0 Å². The molecule has 130 valence electrons. The average molecular weight is 330 g/mol. The van der Waals surface area contributed by atoms with Gasteiger partial charge in [-0.3, -0.25) is 4.79 Å². The summed E-state index contributed by atoms with van der Waals surface area (Å²) in [7, 11) is 0. The van der Waals surface area contributed by atoms with E-state index in [1.54, 1.807) is 4.90 Å². The van der Waals surface area contributed by atoms with Gasteiger partial charge in [-0.05, 0) is 36.3 Å². The zero-order chi connectivity index (χ0) is 16.9. The fourth-order valence-electron chi connectivity index (χ4n) is 3.78. The summed E-state index contributed by atoms with van der Waals surface area (Å²) in [5, 5.41) is 11.9. The molecule has 2 amide bonds. The monoisotopic (exact) mass is 330 g/mol. The van der Waals surface area contributed by atoms with Crippen molar-refractivity contribution < 1.29 is 14.7 Å². The molecule has 24 heavy (non-hydrogen) atoms. The van der Waals surface area contributed by atoms with Crippen molar-refractivity contribution in [2.75, 3.05) is 13.1 Å². The molecule has 2 aliphatic rings. The smallest absolute Gasteiger partial charge is 0.317 e. The van der Waals surface area contributed by atoms with Crippen LogP contribution < -0.4 is 5.32 Å². The Kier molecular flexibility index (Phi) is 5.38. The maximum atomic E-state index is 12.1. The van der Waals surface area contributed by atoms with E-state index < -0.39 is 11.9 Å². The lowest BCUT2D eigenvalue weighted by atomic mass is 9.84. The molecule has 5 nitrogen and oxygen atoms in total. The summed E-state index contributed by atoms with van der Waals surface area (Å²) in [6, 6.07) is 8.39. The van der Waals surface area contributed by atoms with Gasteiger partial charge in [0, 0.05) is 19.6 Å². The maximum Gasteiger partial charge on any atom is 0.317 e. The number of nitrogens with one attached hydrogen (secondary N) is 1. The molecular formula is C19H26N2O3. The lowest BCUT2D eigenvalue weighted by Crippen LogP contribution is -2.38. The predicted molar refractivity (Wildman–Crippen MR) is 91.8 cm³/mol. The fraction of sp³-hybridized carbons (Fsp3) is 0.579. The topological polar surface area (TPSA) is 69.6 Å². The van der Waals surface area contributed by atoms with Crippen molar-refractivity contribution in [3.05, 3.63) is 35.4 Å². The molecule has 0 radical (unpaired) electrons. The van der Waals surface area contributed by atoms with Gasteiger partial charge in [-0.15, -0.1) is 0 Å². The molecule has 2 N–H and O–H groups in total. The molecule has 5 heteroatoms. The number of carboxylic acids is 1. The number of nitrogens with zero attached hydrogens (tertiary/aromatic N) is 1. The summed E-state index contributed by atoms with van der Waals surface area (Å²) in [6.07, 6.45) is 7.13. The van der Waals surface area contributed by atoms with Crippen LogP contribution >= 0.6 is 0 Å². The Bertz CT molecular complexity index is 579. The van der Waals surface area contributed by atoms with E-state index in [0.29, 0.717) is 32.0 Å². The predicted octanol–water partition coefficient (Wildman–Crippen LogP) is 3.35. The van der Waals surface area contributed by atoms with E-state index >= 15 is 0 Å².